The van der Waals surface area contributed by atoms with Crippen molar-refractivity contribution >= 4 is 23.6 Å². The van der Waals surface area contributed by atoms with Crippen molar-refractivity contribution in [2.75, 3.05) is 30.0 Å². The number of amides is 3. The molecule has 1 atom stereocenters. The minimum Gasteiger partial charge on any atom is -0.465 e. The number of benzene rings is 1. The Bertz CT molecular complexity index is 1040. The Balaban J connectivity index is 1.43. The van der Waals surface area contributed by atoms with Crippen molar-refractivity contribution in [1.82, 2.24) is 20.2 Å². The van der Waals surface area contributed by atoms with Gasteiger partial charge in [-0.05, 0) is 44.0 Å². The van der Waals surface area contributed by atoms with E-state index >= 15 is 0 Å². The molecule has 5 rings (SSSR count). The van der Waals surface area contributed by atoms with Crippen LogP contribution in [-0.4, -0.2) is 63.9 Å². The lowest BCUT2D eigenvalue weighted by atomic mass is 10.1. The number of hydrogen-bond donors (Lipinski definition) is 3. The Kier molecular flexibility index (Phi) is 5.30. The first-order chi connectivity index (χ1) is 15.5. The van der Waals surface area contributed by atoms with Crippen LogP contribution >= 0.6 is 0 Å². The standard InChI is InChI=1S/C22H26N6O4/c1-13-12-32-9-8-28(13)20-17-10-27(22(30)31)11-18(17)25-19(26-20)14-2-4-15(5-3-14)23-21(29)24-16-6-7-16/h2-5,13,16H,6-12H2,1H3,(H,30,31)(H2,23,24,29). The number of rotatable bonds is 4. The highest BCUT2D eigenvalue weighted by atomic mass is 16.5. The lowest BCUT2D eigenvalue weighted by molar-refractivity contribution is 0.0983. The molecule has 1 saturated carbocycles. The molecule has 3 N–H and O–H groups in total. The number of nitrogens with one attached hydrogen (secondary N) is 2. The molecule has 168 valence electrons. The first-order valence-electron chi connectivity index (χ1n) is 10.9. The van der Waals surface area contributed by atoms with E-state index in [2.05, 4.69) is 22.5 Å². The van der Waals surface area contributed by atoms with Gasteiger partial charge in [0.05, 0.1) is 38.0 Å². The van der Waals surface area contributed by atoms with E-state index in [1.807, 2.05) is 24.3 Å². The van der Waals surface area contributed by atoms with Crippen molar-refractivity contribution in [2.45, 2.75) is 44.9 Å². The van der Waals surface area contributed by atoms with E-state index in [0.717, 1.165) is 35.5 Å². The molecular formula is C22H26N6O4. The predicted octanol–water partition coefficient (Wildman–Crippen LogP) is 2.65. The fourth-order valence-corrected chi connectivity index (χ4v) is 4.06. The van der Waals surface area contributed by atoms with Gasteiger partial charge in [0.1, 0.15) is 5.82 Å². The fraction of sp³-hybridized carbons (Fsp3) is 0.455. The minimum absolute atomic E-state index is 0.131. The first-order valence-corrected chi connectivity index (χ1v) is 10.9. The van der Waals surface area contributed by atoms with Crippen LogP contribution in [0.1, 0.15) is 31.0 Å². The molecule has 0 bridgehead atoms. The van der Waals surface area contributed by atoms with Gasteiger partial charge in [-0.3, -0.25) is 4.90 Å². The van der Waals surface area contributed by atoms with E-state index in [4.69, 9.17) is 14.7 Å². The van der Waals surface area contributed by atoms with Crippen molar-refractivity contribution in [3.8, 4) is 11.4 Å². The van der Waals surface area contributed by atoms with Crippen molar-refractivity contribution in [3.05, 3.63) is 35.5 Å². The molecule has 3 heterocycles. The number of anilines is 2. The van der Waals surface area contributed by atoms with Crippen LogP contribution in [0, 0.1) is 0 Å². The number of carbonyl (C=O) groups excluding carboxylic acids is 1. The number of ether oxygens (including phenoxy) is 1. The number of fused-ring (bicyclic) bond motifs is 1. The van der Waals surface area contributed by atoms with Crippen molar-refractivity contribution in [2.24, 2.45) is 0 Å². The Morgan fingerprint density at radius 3 is 2.62 bits per heavy atom. The maximum atomic E-state index is 12.0. The molecule has 3 aliphatic rings. The van der Waals surface area contributed by atoms with Crippen molar-refractivity contribution in [3.63, 3.8) is 0 Å². The molecule has 32 heavy (non-hydrogen) atoms. The molecule has 0 radical (unpaired) electrons. The highest BCUT2D eigenvalue weighted by Crippen LogP contribution is 2.33. The van der Waals surface area contributed by atoms with Gasteiger partial charge in [0.15, 0.2) is 5.82 Å². The second-order valence-corrected chi connectivity index (χ2v) is 8.50. The van der Waals surface area contributed by atoms with Gasteiger partial charge >= 0.3 is 12.1 Å². The number of hydrogen-bond acceptors (Lipinski definition) is 6. The van der Waals surface area contributed by atoms with E-state index in [1.54, 1.807) is 0 Å². The predicted molar refractivity (Wildman–Crippen MR) is 118 cm³/mol. The van der Waals surface area contributed by atoms with E-state index in [9.17, 15) is 14.7 Å². The molecular weight excluding hydrogens is 412 g/mol. The van der Waals surface area contributed by atoms with Crippen LogP contribution in [0.25, 0.3) is 11.4 Å². The number of carboxylic acid groups (broad SMARTS) is 1. The molecule has 2 aromatic rings. The van der Waals surface area contributed by atoms with Crippen LogP contribution in [0.2, 0.25) is 0 Å². The maximum absolute atomic E-state index is 12.0. The summed E-state index contributed by atoms with van der Waals surface area (Å²) < 4.78 is 5.57. The summed E-state index contributed by atoms with van der Waals surface area (Å²) in [6.45, 7) is 4.49. The van der Waals surface area contributed by atoms with Gasteiger partial charge in [-0.1, -0.05) is 0 Å². The number of morpholine rings is 1. The largest absolute Gasteiger partial charge is 0.465 e. The first kappa shape index (κ1) is 20.5. The molecule has 1 saturated heterocycles. The van der Waals surface area contributed by atoms with Crippen LogP contribution < -0.4 is 15.5 Å². The molecule has 1 aromatic carbocycles. The zero-order valence-corrected chi connectivity index (χ0v) is 17.9. The molecule has 3 amide bonds. The summed E-state index contributed by atoms with van der Waals surface area (Å²) in [4.78, 5) is 36.6. The van der Waals surface area contributed by atoms with Gasteiger partial charge in [-0.15, -0.1) is 0 Å². The van der Waals surface area contributed by atoms with Gasteiger partial charge in [-0.2, -0.15) is 0 Å². The van der Waals surface area contributed by atoms with Gasteiger partial charge in [0, 0.05) is 29.4 Å². The van der Waals surface area contributed by atoms with E-state index in [1.165, 1.54) is 4.90 Å². The van der Waals surface area contributed by atoms with Crippen molar-refractivity contribution in [1.29, 1.82) is 0 Å². The second kappa shape index (κ2) is 8.27. The summed E-state index contributed by atoms with van der Waals surface area (Å²) in [5, 5.41) is 15.2. The minimum atomic E-state index is -0.967. The molecule has 2 aliphatic heterocycles. The molecule has 10 heteroatoms. The molecule has 1 unspecified atom stereocenters. The topological polar surface area (TPSA) is 120 Å². The summed E-state index contributed by atoms with van der Waals surface area (Å²) in [6.07, 6.45) is 1.10. The highest BCUT2D eigenvalue weighted by molar-refractivity contribution is 5.89. The lowest BCUT2D eigenvalue weighted by Gasteiger charge is -2.35. The normalized spacial score (nSPS) is 20.1. The zero-order chi connectivity index (χ0) is 22.2. The highest BCUT2D eigenvalue weighted by Gasteiger charge is 2.32. The van der Waals surface area contributed by atoms with E-state index in [-0.39, 0.29) is 25.2 Å². The number of aromatic nitrogens is 2. The number of carbonyl (C=O) groups is 2. The van der Waals surface area contributed by atoms with Crippen LogP contribution in [0.5, 0.6) is 0 Å². The SMILES string of the molecule is CC1COCCN1c1nc(-c2ccc(NC(=O)NC3CC3)cc2)nc2c1CN(C(=O)O)C2. The summed E-state index contributed by atoms with van der Waals surface area (Å²) in [7, 11) is 0. The van der Waals surface area contributed by atoms with Gasteiger partial charge < -0.3 is 25.4 Å². The summed E-state index contributed by atoms with van der Waals surface area (Å²) in [5.41, 5.74) is 3.08. The van der Waals surface area contributed by atoms with Crippen molar-refractivity contribution < 1.29 is 19.4 Å². The summed E-state index contributed by atoms with van der Waals surface area (Å²) in [5.74, 6) is 1.31. The third kappa shape index (κ3) is 4.18. The lowest BCUT2D eigenvalue weighted by Crippen LogP contribution is -2.44. The number of nitrogens with zero attached hydrogens (tertiary/aromatic N) is 4. The monoisotopic (exact) mass is 438 g/mol. The summed E-state index contributed by atoms with van der Waals surface area (Å²) in [6, 6.07) is 7.59. The third-order valence-electron chi connectivity index (χ3n) is 5.98. The zero-order valence-electron chi connectivity index (χ0n) is 17.9. The second-order valence-electron chi connectivity index (χ2n) is 8.50. The molecule has 0 spiro atoms. The average Bonchev–Trinajstić information content (AvgIpc) is 3.47. The van der Waals surface area contributed by atoms with Gasteiger partial charge in [-0.25, -0.2) is 19.6 Å². The number of urea groups is 1. The van der Waals surface area contributed by atoms with Gasteiger partial charge in [0.2, 0.25) is 0 Å². The molecule has 10 nitrogen and oxygen atoms in total. The van der Waals surface area contributed by atoms with E-state index < -0.39 is 6.09 Å². The average molecular weight is 438 g/mol. The van der Waals surface area contributed by atoms with E-state index in [0.29, 0.717) is 37.3 Å². The molecule has 2 fully saturated rings. The maximum Gasteiger partial charge on any atom is 0.407 e. The quantitative estimate of drug-likeness (QED) is 0.671. The fourth-order valence-electron chi connectivity index (χ4n) is 4.06. The smallest absolute Gasteiger partial charge is 0.407 e. The molecule has 1 aliphatic carbocycles. The molecule has 1 aromatic heterocycles. The van der Waals surface area contributed by atoms with Crippen LogP contribution in [0.15, 0.2) is 24.3 Å². The van der Waals surface area contributed by atoms with Crippen LogP contribution in [-0.2, 0) is 17.8 Å². The Hall–Kier alpha value is -3.40. The van der Waals surface area contributed by atoms with Crippen LogP contribution in [0.3, 0.4) is 0 Å². The summed E-state index contributed by atoms with van der Waals surface area (Å²) >= 11 is 0. The third-order valence-corrected chi connectivity index (χ3v) is 5.98. The van der Waals surface area contributed by atoms with Crippen LogP contribution in [0.4, 0.5) is 21.1 Å². The van der Waals surface area contributed by atoms with Gasteiger partial charge in [0.25, 0.3) is 0 Å². The Morgan fingerprint density at radius 2 is 1.94 bits per heavy atom. The Labute approximate surface area is 185 Å². The Morgan fingerprint density at radius 1 is 1.16 bits per heavy atom.